The van der Waals surface area contributed by atoms with E-state index in [-0.39, 0.29) is 24.0 Å². The number of nitrogens with two attached hydrogens (primary N) is 1. The van der Waals surface area contributed by atoms with E-state index in [4.69, 9.17) is 5.73 Å². The minimum atomic E-state index is -0.611. The summed E-state index contributed by atoms with van der Waals surface area (Å²) >= 11 is 1.79. The largest absolute Gasteiger partial charge is 0.387 e. The van der Waals surface area contributed by atoms with Crippen molar-refractivity contribution in [2.24, 2.45) is 10.7 Å². The fourth-order valence-corrected chi connectivity index (χ4v) is 2.99. The summed E-state index contributed by atoms with van der Waals surface area (Å²) in [7, 11) is 1.98. The highest BCUT2D eigenvalue weighted by Gasteiger charge is 2.32. The molecule has 94 valence electrons. The molecule has 1 aliphatic carbocycles. The van der Waals surface area contributed by atoms with Crippen molar-refractivity contribution in [1.29, 1.82) is 0 Å². The van der Waals surface area contributed by atoms with Crippen LogP contribution < -0.4 is 5.73 Å². The van der Waals surface area contributed by atoms with Crippen LogP contribution in [-0.2, 0) is 0 Å². The quantitative estimate of drug-likeness (QED) is 0.447. The van der Waals surface area contributed by atoms with Gasteiger partial charge >= 0.3 is 0 Å². The molecule has 2 aliphatic rings. The van der Waals surface area contributed by atoms with Crippen LogP contribution in [0.1, 0.15) is 19.3 Å². The van der Waals surface area contributed by atoms with Gasteiger partial charge in [0.15, 0.2) is 5.96 Å². The maximum absolute atomic E-state index is 10.1. The zero-order valence-electron chi connectivity index (χ0n) is 9.56. The average Bonchev–Trinajstić information content (AvgIpc) is 2.98. The standard InChI is InChI=1S/C10H19N3OS.HI/c1-13(8-2-3-8)9(11)12-6-10(14)4-5-15-7-10;/h8,14H,2-7H2,1H3,(H2,11,12);1H. The molecule has 0 spiro atoms. The molecular weight excluding hydrogens is 337 g/mol. The molecule has 1 atom stereocenters. The molecule has 1 heterocycles. The van der Waals surface area contributed by atoms with Gasteiger partial charge in [-0.25, -0.2) is 0 Å². The van der Waals surface area contributed by atoms with Crippen molar-refractivity contribution in [3.05, 3.63) is 0 Å². The minimum Gasteiger partial charge on any atom is -0.387 e. The van der Waals surface area contributed by atoms with Crippen LogP contribution in [0.3, 0.4) is 0 Å². The first-order chi connectivity index (χ1) is 7.11. The Kier molecular flexibility index (Phi) is 5.18. The molecule has 0 radical (unpaired) electrons. The molecule has 0 bridgehead atoms. The van der Waals surface area contributed by atoms with Gasteiger partial charge in [-0.2, -0.15) is 11.8 Å². The highest BCUT2D eigenvalue weighted by molar-refractivity contribution is 14.0. The lowest BCUT2D eigenvalue weighted by molar-refractivity contribution is 0.0777. The van der Waals surface area contributed by atoms with Crippen molar-refractivity contribution >= 4 is 41.7 Å². The Labute approximate surface area is 118 Å². The van der Waals surface area contributed by atoms with Crippen molar-refractivity contribution in [1.82, 2.24) is 4.90 Å². The predicted octanol–water partition coefficient (Wildman–Crippen LogP) is 0.881. The molecule has 0 aromatic heterocycles. The summed E-state index contributed by atoms with van der Waals surface area (Å²) in [5.41, 5.74) is 5.24. The van der Waals surface area contributed by atoms with E-state index in [0.717, 1.165) is 17.9 Å². The number of nitrogens with zero attached hydrogens (tertiary/aromatic N) is 2. The average molecular weight is 357 g/mol. The normalized spacial score (nSPS) is 30.0. The third-order valence-corrected chi connectivity index (χ3v) is 4.31. The van der Waals surface area contributed by atoms with E-state index in [2.05, 4.69) is 4.99 Å². The first-order valence-corrected chi connectivity index (χ1v) is 6.59. The van der Waals surface area contributed by atoms with Gasteiger partial charge in [-0.15, -0.1) is 24.0 Å². The van der Waals surface area contributed by atoms with Crippen molar-refractivity contribution in [3.8, 4) is 0 Å². The number of hydrogen-bond acceptors (Lipinski definition) is 3. The SMILES string of the molecule is CN(C(N)=NCC1(O)CCSC1)C1CC1.I. The third-order valence-electron chi connectivity index (χ3n) is 3.07. The number of guanidine groups is 1. The summed E-state index contributed by atoms with van der Waals surface area (Å²) in [6, 6.07) is 0.585. The fraction of sp³-hybridized carbons (Fsp3) is 0.900. The third kappa shape index (κ3) is 3.66. The summed E-state index contributed by atoms with van der Waals surface area (Å²) in [5, 5.41) is 10.1. The van der Waals surface area contributed by atoms with Crippen molar-refractivity contribution in [2.45, 2.75) is 30.9 Å². The predicted molar refractivity (Wildman–Crippen MR) is 79.6 cm³/mol. The number of halogens is 1. The summed E-state index contributed by atoms with van der Waals surface area (Å²) in [6.45, 7) is 0.447. The molecule has 1 saturated heterocycles. The van der Waals surface area contributed by atoms with Gasteiger partial charge in [0, 0.05) is 18.8 Å². The number of aliphatic imine (C=N–C) groups is 1. The lowest BCUT2D eigenvalue weighted by Gasteiger charge is -2.21. The van der Waals surface area contributed by atoms with Crippen LogP contribution in [0.5, 0.6) is 0 Å². The van der Waals surface area contributed by atoms with Crippen LogP contribution in [0.4, 0.5) is 0 Å². The Hall–Kier alpha value is 0.310. The van der Waals surface area contributed by atoms with E-state index in [1.165, 1.54) is 12.8 Å². The maximum Gasteiger partial charge on any atom is 0.191 e. The van der Waals surface area contributed by atoms with Crippen molar-refractivity contribution < 1.29 is 5.11 Å². The molecule has 2 rings (SSSR count). The monoisotopic (exact) mass is 357 g/mol. The number of rotatable bonds is 3. The lowest BCUT2D eigenvalue weighted by Crippen LogP contribution is -2.39. The van der Waals surface area contributed by atoms with E-state index in [1.807, 2.05) is 11.9 Å². The van der Waals surface area contributed by atoms with Crippen LogP contribution in [0, 0.1) is 0 Å². The molecule has 0 amide bonds. The van der Waals surface area contributed by atoms with Crippen LogP contribution in [0.15, 0.2) is 4.99 Å². The maximum atomic E-state index is 10.1. The van der Waals surface area contributed by atoms with E-state index in [0.29, 0.717) is 18.5 Å². The summed E-state index contributed by atoms with van der Waals surface area (Å²) in [6.07, 6.45) is 3.27. The van der Waals surface area contributed by atoms with Crippen molar-refractivity contribution in [3.63, 3.8) is 0 Å². The Morgan fingerprint density at radius 3 is 2.81 bits per heavy atom. The van der Waals surface area contributed by atoms with E-state index in [1.54, 1.807) is 11.8 Å². The van der Waals surface area contributed by atoms with E-state index < -0.39 is 5.60 Å². The van der Waals surface area contributed by atoms with Crippen LogP contribution >= 0.6 is 35.7 Å². The zero-order chi connectivity index (χ0) is 10.9. The smallest absolute Gasteiger partial charge is 0.191 e. The van der Waals surface area contributed by atoms with Gasteiger partial charge in [0.25, 0.3) is 0 Å². The zero-order valence-corrected chi connectivity index (χ0v) is 12.7. The van der Waals surface area contributed by atoms with Gasteiger partial charge in [-0.1, -0.05) is 0 Å². The van der Waals surface area contributed by atoms with Gasteiger partial charge in [-0.3, -0.25) is 4.99 Å². The first-order valence-electron chi connectivity index (χ1n) is 5.44. The second-order valence-electron chi connectivity index (χ2n) is 4.54. The fourth-order valence-electron chi connectivity index (χ4n) is 1.71. The van der Waals surface area contributed by atoms with Crippen LogP contribution in [0.25, 0.3) is 0 Å². The number of thioether (sulfide) groups is 1. The summed E-state index contributed by atoms with van der Waals surface area (Å²) < 4.78 is 0. The second-order valence-corrected chi connectivity index (χ2v) is 5.65. The number of aliphatic hydroxyl groups is 1. The Balaban J connectivity index is 0.00000128. The molecule has 1 saturated carbocycles. The molecular formula is C10H20IN3OS. The molecule has 0 aromatic carbocycles. The lowest BCUT2D eigenvalue weighted by atomic mass is 10.1. The first kappa shape index (κ1) is 14.4. The molecule has 4 nitrogen and oxygen atoms in total. The molecule has 1 unspecified atom stereocenters. The van der Waals surface area contributed by atoms with Gasteiger partial charge in [0.05, 0.1) is 12.1 Å². The molecule has 1 aliphatic heterocycles. The topological polar surface area (TPSA) is 61.8 Å². The molecule has 2 fully saturated rings. The number of hydrogen-bond donors (Lipinski definition) is 2. The highest BCUT2D eigenvalue weighted by atomic mass is 127. The molecule has 16 heavy (non-hydrogen) atoms. The summed E-state index contributed by atoms with van der Waals surface area (Å²) in [5.74, 6) is 2.39. The van der Waals surface area contributed by atoms with E-state index >= 15 is 0 Å². The summed E-state index contributed by atoms with van der Waals surface area (Å²) in [4.78, 5) is 6.32. The Morgan fingerprint density at radius 1 is 1.62 bits per heavy atom. The van der Waals surface area contributed by atoms with Gasteiger partial charge in [-0.05, 0) is 25.0 Å². The molecule has 3 N–H and O–H groups in total. The van der Waals surface area contributed by atoms with Gasteiger partial charge in [0.1, 0.15) is 0 Å². The van der Waals surface area contributed by atoms with Gasteiger partial charge in [0.2, 0.25) is 0 Å². The minimum absolute atomic E-state index is 0. The van der Waals surface area contributed by atoms with E-state index in [9.17, 15) is 5.11 Å². The van der Waals surface area contributed by atoms with Gasteiger partial charge < -0.3 is 15.7 Å². The Morgan fingerprint density at radius 2 is 2.31 bits per heavy atom. The molecule has 0 aromatic rings. The Bertz CT molecular complexity index is 265. The van der Waals surface area contributed by atoms with Crippen molar-refractivity contribution in [2.75, 3.05) is 25.1 Å². The second kappa shape index (κ2) is 5.77. The van der Waals surface area contributed by atoms with Crippen LogP contribution in [-0.4, -0.2) is 52.7 Å². The highest BCUT2D eigenvalue weighted by Crippen LogP contribution is 2.28. The molecule has 6 heteroatoms. The van der Waals surface area contributed by atoms with Crippen LogP contribution in [0.2, 0.25) is 0 Å².